The molecule has 11 nitrogen and oxygen atoms in total. The van der Waals surface area contributed by atoms with E-state index in [1.807, 2.05) is 0 Å². The number of aliphatic hydroxyl groups is 4. The second kappa shape index (κ2) is 11.8. The van der Waals surface area contributed by atoms with E-state index in [0.29, 0.717) is 0 Å². The predicted molar refractivity (Wildman–Crippen MR) is 67.5 cm³/mol. The van der Waals surface area contributed by atoms with Crippen molar-refractivity contribution in [2.45, 2.75) is 43.5 Å². The molecule has 0 spiro atoms. The van der Waals surface area contributed by atoms with Crippen LogP contribution in [0.5, 0.6) is 0 Å². The van der Waals surface area contributed by atoms with Gasteiger partial charge < -0.3 is 55.9 Å². The Morgan fingerprint density at radius 3 is 2.08 bits per heavy atom. The van der Waals surface area contributed by atoms with Gasteiger partial charge in [0.15, 0.2) is 6.29 Å². The van der Waals surface area contributed by atoms with E-state index in [4.69, 9.17) is 14.6 Å². The van der Waals surface area contributed by atoms with Crippen LogP contribution in [0.3, 0.4) is 0 Å². The molecular weight excluding hydrogens is 513 g/mol. The fourth-order valence-electron chi connectivity index (χ4n) is 2.02. The zero-order valence-corrected chi connectivity index (χ0v) is 14.8. The Bertz CT molecular complexity index is 382. The first-order chi connectivity index (χ1) is 10.3. The maximum atomic E-state index is 10.5. The summed E-state index contributed by atoms with van der Waals surface area (Å²) in [6.45, 7) is -0.790. The summed E-state index contributed by atoms with van der Waals surface area (Å²) in [6, 6.07) is 0. The van der Waals surface area contributed by atoms with Crippen LogP contribution in [-0.2, 0) is 40.1 Å². The first kappa shape index (κ1) is 25.6. The van der Waals surface area contributed by atoms with Gasteiger partial charge >= 0.3 is 21.1 Å². The van der Waals surface area contributed by atoms with E-state index in [9.17, 15) is 35.1 Å². The van der Waals surface area contributed by atoms with Crippen molar-refractivity contribution < 1.29 is 70.8 Å². The van der Waals surface area contributed by atoms with E-state index >= 15 is 0 Å². The van der Waals surface area contributed by atoms with Crippen molar-refractivity contribution >= 4 is 11.9 Å². The van der Waals surface area contributed by atoms with Gasteiger partial charge in [-0.25, -0.2) is 0 Å². The van der Waals surface area contributed by atoms with Gasteiger partial charge in [0.1, 0.15) is 24.4 Å². The van der Waals surface area contributed by atoms with Crippen LogP contribution < -0.4 is 16.4 Å². The third-order valence-electron chi connectivity index (χ3n) is 3.34. The van der Waals surface area contributed by atoms with Gasteiger partial charge in [-0.15, -0.1) is 0 Å². The van der Waals surface area contributed by atoms with Gasteiger partial charge in [0.05, 0.1) is 18.5 Å². The van der Waals surface area contributed by atoms with Crippen molar-refractivity contribution in [3.05, 3.63) is 0 Å². The molecule has 1 aliphatic rings. The van der Waals surface area contributed by atoms with Crippen LogP contribution in [-0.4, -0.2) is 76.3 Å². The van der Waals surface area contributed by atoms with Crippen LogP contribution in [0.15, 0.2) is 0 Å². The van der Waals surface area contributed by atoms with Gasteiger partial charge in [-0.05, 0) is 12.8 Å². The van der Waals surface area contributed by atoms with E-state index in [2.05, 4.69) is 0 Å². The number of carbonyl (C=O) groups is 2. The quantitative estimate of drug-likeness (QED) is 0.147. The van der Waals surface area contributed by atoms with Crippen molar-refractivity contribution in [1.82, 2.24) is 6.15 Å². The molecule has 12 heteroatoms. The van der Waals surface area contributed by atoms with Crippen LogP contribution in [0, 0.1) is 5.92 Å². The molecule has 0 radical (unpaired) electrons. The number of ether oxygens (including phenoxy) is 2. The number of rotatable bonds is 8. The third-order valence-corrected chi connectivity index (χ3v) is 3.34. The van der Waals surface area contributed by atoms with Gasteiger partial charge in [0.2, 0.25) is 0 Å². The maximum absolute atomic E-state index is 10.5. The van der Waals surface area contributed by atoms with Crippen LogP contribution >= 0.6 is 0 Å². The van der Waals surface area contributed by atoms with Crippen molar-refractivity contribution in [2.24, 2.45) is 5.92 Å². The van der Waals surface area contributed by atoms with Crippen LogP contribution in [0.25, 0.3) is 0 Å². The summed E-state index contributed by atoms with van der Waals surface area (Å²) < 4.78 is 10.1. The zero-order chi connectivity index (χ0) is 16.9. The topological polar surface area (TPSA) is 215 Å². The second-order valence-electron chi connectivity index (χ2n) is 4.90. The SMILES string of the molecule is N.O=C([O-])C(CCCO[C@@H]1O[C@H](CO)[C@H](O)[C@H](O)[C@H]1O)C(=O)[O-].[Pt+2]. The Kier molecular flexibility index (Phi) is 12.6. The molecular formula is C12H21NO10Pt. The van der Waals surface area contributed by atoms with E-state index in [-0.39, 0.29) is 46.7 Å². The predicted octanol–water partition coefficient (Wildman–Crippen LogP) is -5.14. The summed E-state index contributed by atoms with van der Waals surface area (Å²) in [5.74, 6) is -5.32. The first-order valence-corrected chi connectivity index (χ1v) is 6.63. The fourth-order valence-corrected chi connectivity index (χ4v) is 2.02. The maximum Gasteiger partial charge on any atom is 2.00 e. The normalized spacial score (nSPS) is 29.5. The molecule has 1 aliphatic heterocycles. The molecule has 144 valence electrons. The molecule has 0 bridgehead atoms. The van der Waals surface area contributed by atoms with Crippen LogP contribution in [0.2, 0.25) is 0 Å². The third kappa shape index (κ3) is 6.69. The van der Waals surface area contributed by atoms with Gasteiger partial charge in [-0.3, -0.25) is 0 Å². The average molecular weight is 534 g/mol. The molecule has 5 atom stereocenters. The van der Waals surface area contributed by atoms with Crippen LogP contribution in [0.4, 0.5) is 0 Å². The Labute approximate surface area is 152 Å². The standard InChI is InChI=1S/C12H20O10.H3N.Pt/c13-4-6-7(14)8(15)9(16)12(22-6)21-3-1-2-5(10(17)18)11(19)20;;/h5-9,12-16H,1-4H2,(H,17,18)(H,19,20);1H3;/q;;+2/p-2/t6-,7+,8+,9-,12-;;/m1../s1. The molecule has 24 heavy (non-hydrogen) atoms. The Morgan fingerprint density at radius 1 is 1.08 bits per heavy atom. The van der Waals surface area contributed by atoms with Crippen LogP contribution in [0.1, 0.15) is 12.8 Å². The Morgan fingerprint density at radius 2 is 1.62 bits per heavy atom. The monoisotopic (exact) mass is 534 g/mol. The minimum Gasteiger partial charge on any atom is -0.549 e. The fraction of sp³-hybridized carbons (Fsp3) is 0.833. The molecule has 0 amide bonds. The van der Waals surface area contributed by atoms with Crippen molar-refractivity contribution in [3.63, 3.8) is 0 Å². The molecule has 1 heterocycles. The largest absolute Gasteiger partial charge is 2.00 e. The molecule has 0 aromatic rings. The summed E-state index contributed by atoms with van der Waals surface area (Å²) in [5, 5.41) is 58.7. The number of aliphatic carboxylic acids is 2. The summed E-state index contributed by atoms with van der Waals surface area (Å²) in [7, 11) is 0. The number of hydrogen-bond donors (Lipinski definition) is 5. The number of carbonyl (C=O) groups excluding carboxylic acids is 2. The molecule has 1 saturated heterocycles. The number of carboxylic acid groups (broad SMARTS) is 2. The Hall–Kier alpha value is -0.652. The smallest absolute Gasteiger partial charge is 0.549 e. The van der Waals surface area contributed by atoms with Crippen molar-refractivity contribution in [3.8, 4) is 0 Å². The summed E-state index contributed by atoms with van der Waals surface area (Å²) in [5.41, 5.74) is 0. The minimum absolute atomic E-state index is 0. The average Bonchev–Trinajstić information content (AvgIpc) is 2.45. The zero-order valence-electron chi connectivity index (χ0n) is 12.6. The van der Waals surface area contributed by atoms with E-state index in [1.54, 1.807) is 0 Å². The van der Waals surface area contributed by atoms with Crippen molar-refractivity contribution in [1.29, 1.82) is 0 Å². The molecule has 0 saturated carbocycles. The minimum atomic E-state index is -1.78. The molecule has 0 aliphatic carbocycles. The van der Waals surface area contributed by atoms with Gasteiger partial charge in [-0.1, -0.05) is 0 Å². The number of carboxylic acids is 2. The summed E-state index contributed by atoms with van der Waals surface area (Å²) in [6.07, 6.45) is -7.46. The molecule has 7 N–H and O–H groups in total. The summed E-state index contributed by atoms with van der Waals surface area (Å²) in [4.78, 5) is 21.0. The van der Waals surface area contributed by atoms with Gasteiger partial charge in [0, 0.05) is 12.5 Å². The molecule has 1 fully saturated rings. The number of hydrogen-bond acceptors (Lipinski definition) is 11. The molecule has 0 aromatic heterocycles. The van der Waals surface area contributed by atoms with E-state index in [0.717, 1.165) is 0 Å². The molecule has 1 rings (SSSR count). The van der Waals surface area contributed by atoms with Crippen molar-refractivity contribution in [2.75, 3.05) is 13.2 Å². The van der Waals surface area contributed by atoms with Gasteiger partial charge in [-0.2, -0.15) is 0 Å². The van der Waals surface area contributed by atoms with E-state index in [1.165, 1.54) is 0 Å². The first-order valence-electron chi connectivity index (χ1n) is 6.63. The summed E-state index contributed by atoms with van der Waals surface area (Å²) >= 11 is 0. The molecule has 0 aromatic carbocycles. The number of aliphatic hydroxyl groups excluding tert-OH is 4. The Balaban J connectivity index is 0. The van der Waals surface area contributed by atoms with Gasteiger partial charge in [0.25, 0.3) is 0 Å². The molecule has 0 unspecified atom stereocenters. The van der Waals surface area contributed by atoms with E-state index < -0.39 is 55.2 Å². The second-order valence-corrected chi connectivity index (χ2v) is 4.90.